The first kappa shape index (κ1) is 16.1. The van der Waals surface area contributed by atoms with E-state index >= 15 is 0 Å². The van der Waals surface area contributed by atoms with Crippen molar-refractivity contribution >= 4 is 5.82 Å². The van der Waals surface area contributed by atoms with Gasteiger partial charge in [-0.1, -0.05) is 39.0 Å². The van der Waals surface area contributed by atoms with E-state index in [0.29, 0.717) is 17.9 Å². The van der Waals surface area contributed by atoms with E-state index in [1.165, 1.54) is 6.07 Å². The van der Waals surface area contributed by atoms with Crippen LogP contribution < -0.4 is 10.1 Å². The topological polar surface area (TPSA) is 47.0 Å². The Hall–Kier alpha value is -2.24. The molecule has 0 saturated heterocycles. The SMILES string of the molecule is CC(C)(C)c1nccc(NCc2ccccc2OC(F)F)n1. The van der Waals surface area contributed by atoms with E-state index in [1.807, 2.05) is 20.8 Å². The van der Waals surface area contributed by atoms with Crippen molar-refractivity contribution < 1.29 is 13.5 Å². The quantitative estimate of drug-likeness (QED) is 0.907. The number of anilines is 1. The zero-order valence-corrected chi connectivity index (χ0v) is 12.8. The van der Waals surface area contributed by atoms with Gasteiger partial charge in [0.25, 0.3) is 0 Å². The van der Waals surface area contributed by atoms with Crippen LogP contribution in [0.3, 0.4) is 0 Å². The van der Waals surface area contributed by atoms with Crippen molar-refractivity contribution in [3.8, 4) is 5.75 Å². The summed E-state index contributed by atoms with van der Waals surface area (Å²) in [6, 6.07) is 8.42. The summed E-state index contributed by atoms with van der Waals surface area (Å²) in [6.07, 6.45) is 1.68. The summed E-state index contributed by atoms with van der Waals surface area (Å²) < 4.78 is 29.3. The van der Waals surface area contributed by atoms with Crippen LogP contribution in [0.5, 0.6) is 5.75 Å². The van der Waals surface area contributed by atoms with Crippen LogP contribution in [0.1, 0.15) is 32.2 Å². The average molecular weight is 307 g/mol. The van der Waals surface area contributed by atoms with Crippen LogP contribution in [-0.4, -0.2) is 16.6 Å². The van der Waals surface area contributed by atoms with E-state index in [4.69, 9.17) is 0 Å². The molecule has 0 radical (unpaired) electrons. The first-order valence-corrected chi connectivity index (χ1v) is 6.96. The Bertz CT molecular complexity index is 627. The number of hydrogen-bond acceptors (Lipinski definition) is 4. The molecule has 0 aliphatic rings. The Kier molecular flexibility index (Phi) is 4.90. The van der Waals surface area contributed by atoms with Crippen molar-refractivity contribution in [1.29, 1.82) is 0 Å². The molecule has 0 aliphatic carbocycles. The smallest absolute Gasteiger partial charge is 0.387 e. The number of rotatable bonds is 5. The minimum atomic E-state index is -2.84. The van der Waals surface area contributed by atoms with E-state index in [2.05, 4.69) is 20.0 Å². The largest absolute Gasteiger partial charge is 0.434 e. The fourth-order valence-electron chi connectivity index (χ4n) is 1.87. The fraction of sp³-hybridized carbons (Fsp3) is 0.375. The van der Waals surface area contributed by atoms with Gasteiger partial charge >= 0.3 is 6.61 Å². The number of hydrogen-bond donors (Lipinski definition) is 1. The molecule has 0 atom stereocenters. The summed E-state index contributed by atoms with van der Waals surface area (Å²) in [6.45, 7) is 3.57. The van der Waals surface area contributed by atoms with Gasteiger partial charge in [0.15, 0.2) is 0 Å². The van der Waals surface area contributed by atoms with Crippen molar-refractivity contribution in [3.63, 3.8) is 0 Å². The molecule has 0 bridgehead atoms. The van der Waals surface area contributed by atoms with Crippen molar-refractivity contribution in [2.45, 2.75) is 39.3 Å². The summed E-state index contributed by atoms with van der Waals surface area (Å²) >= 11 is 0. The molecule has 0 unspecified atom stereocenters. The molecule has 4 nitrogen and oxygen atoms in total. The second-order valence-corrected chi connectivity index (χ2v) is 5.86. The molecule has 1 N–H and O–H groups in total. The fourth-order valence-corrected chi connectivity index (χ4v) is 1.87. The third-order valence-corrected chi connectivity index (χ3v) is 2.98. The van der Waals surface area contributed by atoms with Crippen molar-refractivity contribution in [2.75, 3.05) is 5.32 Å². The van der Waals surface area contributed by atoms with E-state index in [0.717, 1.165) is 5.82 Å². The third kappa shape index (κ3) is 4.38. The summed E-state index contributed by atoms with van der Waals surface area (Å²) in [4.78, 5) is 8.69. The maximum Gasteiger partial charge on any atom is 0.387 e. The molecule has 0 aliphatic heterocycles. The van der Waals surface area contributed by atoms with Crippen LogP contribution in [0.4, 0.5) is 14.6 Å². The first-order chi connectivity index (χ1) is 10.4. The Balaban J connectivity index is 2.11. The minimum Gasteiger partial charge on any atom is -0.434 e. The third-order valence-electron chi connectivity index (χ3n) is 2.98. The molecule has 1 aromatic carbocycles. The molecule has 2 aromatic rings. The van der Waals surface area contributed by atoms with Gasteiger partial charge in [0.2, 0.25) is 0 Å². The summed E-state index contributed by atoms with van der Waals surface area (Å²) in [5.74, 6) is 1.52. The van der Waals surface area contributed by atoms with Crippen LogP contribution in [0.15, 0.2) is 36.5 Å². The van der Waals surface area contributed by atoms with Gasteiger partial charge in [0, 0.05) is 23.7 Å². The summed E-state index contributed by atoms with van der Waals surface area (Å²) in [7, 11) is 0. The highest BCUT2D eigenvalue weighted by Gasteiger charge is 2.17. The van der Waals surface area contributed by atoms with Gasteiger partial charge in [-0.2, -0.15) is 8.78 Å². The van der Waals surface area contributed by atoms with Crippen molar-refractivity contribution in [3.05, 3.63) is 47.9 Å². The lowest BCUT2D eigenvalue weighted by Gasteiger charge is -2.17. The zero-order valence-electron chi connectivity index (χ0n) is 12.8. The van der Waals surface area contributed by atoms with E-state index in [9.17, 15) is 8.78 Å². The van der Waals surface area contributed by atoms with Crippen LogP contribution >= 0.6 is 0 Å². The van der Waals surface area contributed by atoms with Crippen LogP contribution in [0.25, 0.3) is 0 Å². The number of aromatic nitrogens is 2. The van der Waals surface area contributed by atoms with Gasteiger partial charge in [-0.15, -0.1) is 0 Å². The van der Waals surface area contributed by atoms with Crippen molar-refractivity contribution in [1.82, 2.24) is 9.97 Å². The van der Waals surface area contributed by atoms with Gasteiger partial charge in [-0.05, 0) is 12.1 Å². The highest BCUT2D eigenvalue weighted by molar-refractivity contribution is 5.39. The number of halogens is 2. The highest BCUT2D eigenvalue weighted by atomic mass is 19.3. The molecule has 0 amide bonds. The Morgan fingerprint density at radius 3 is 2.59 bits per heavy atom. The molecule has 118 valence electrons. The molecule has 22 heavy (non-hydrogen) atoms. The van der Waals surface area contributed by atoms with Gasteiger partial charge in [0.05, 0.1) is 0 Å². The van der Waals surface area contributed by atoms with E-state index < -0.39 is 6.61 Å². The van der Waals surface area contributed by atoms with Crippen LogP contribution in [0.2, 0.25) is 0 Å². The molecule has 0 fully saturated rings. The van der Waals surface area contributed by atoms with Crippen LogP contribution in [0, 0.1) is 0 Å². The lowest BCUT2D eigenvalue weighted by molar-refractivity contribution is -0.0504. The molecule has 1 heterocycles. The number of alkyl halides is 2. The predicted molar refractivity (Wildman–Crippen MR) is 81.1 cm³/mol. The lowest BCUT2D eigenvalue weighted by atomic mass is 9.96. The minimum absolute atomic E-state index is 0.158. The number of nitrogens with zero attached hydrogens (tertiary/aromatic N) is 2. The van der Waals surface area contributed by atoms with Crippen molar-refractivity contribution in [2.24, 2.45) is 0 Å². The first-order valence-electron chi connectivity index (χ1n) is 6.96. The normalized spacial score (nSPS) is 11.5. The lowest BCUT2D eigenvalue weighted by Crippen LogP contribution is -2.17. The molecule has 2 rings (SSSR count). The zero-order chi connectivity index (χ0) is 16.2. The Morgan fingerprint density at radius 1 is 1.18 bits per heavy atom. The summed E-state index contributed by atoms with van der Waals surface area (Å²) in [5, 5.41) is 3.11. The maximum absolute atomic E-state index is 12.4. The predicted octanol–water partition coefficient (Wildman–Crippen LogP) is 3.99. The molecule has 0 spiro atoms. The number of nitrogens with one attached hydrogen (secondary N) is 1. The molecule has 0 saturated carbocycles. The van der Waals surface area contributed by atoms with Gasteiger partial charge in [0.1, 0.15) is 17.4 Å². The maximum atomic E-state index is 12.4. The second-order valence-electron chi connectivity index (χ2n) is 5.86. The van der Waals surface area contributed by atoms with Gasteiger partial charge in [-0.25, -0.2) is 9.97 Å². The van der Waals surface area contributed by atoms with E-state index in [-0.39, 0.29) is 11.2 Å². The second kappa shape index (κ2) is 6.68. The number of benzene rings is 1. The summed E-state index contributed by atoms with van der Waals surface area (Å²) in [5.41, 5.74) is 0.479. The molecular weight excluding hydrogens is 288 g/mol. The monoisotopic (exact) mass is 307 g/mol. The molecule has 1 aromatic heterocycles. The Morgan fingerprint density at radius 2 is 1.91 bits per heavy atom. The standard InChI is InChI=1S/C16H19F2N3O/c1-16(2,3)14-19-9-8-13(21-14)20-10-11-6-4-5-7-12(11)22-15(17)18/h4-9,15H,10H2,1-3H3,(H,19,20,21). The van der Waals surface area contributed by atoms with E-state index in [1.54, 1.807) is 30.5 Å². The van der Waals surface area contributed by atoms with Crippen LogP contribution in [-0.2, 0) is 12.0 Å². The average Bonchev–Trinajstić information content (AvgIpc) is 2.45. The number of para-hydroxylation sites is 1. The van der Waals surface area contributed by atoms with Gasteiger partial charge in [-0.3, -0.25) is 0 Å². The Labute approximate surface area is 128 Å². The number of ether oxygens (including phenoxy) is 1. The molecule has 6 heteroatoms. The van der Waals surface area contributed by atoms with Gasteiger partial charge < -0.3 is 10.1 Å². The molecular formula is C16H19F2N3O. The highest BCUT2D eigenvalue weighted by Crippen LogP contribution is 2.22.